The Morgan fingerprint density at radius 3 is 1.65 bits per heavy atom. The quantitative estimate of drug-likeness (QED) is 0.0626. The fraction of sp³-hybridized carbons (Fsp3) is 0.609. The predicted octanol–water partition coefficient (Wildman–Crippen LogP) is 1.82. The number of ether oxygens (including phenoxy) is 3. The summed E-state index contributed by atoms with van der Waals surface area (Å²) in [6.07, 6.45) is 1.79. The second-order valence-electron chi connectivity index (χ2n) is 17.6. The number of epoxide rings is 1. The van der Waals surface area contributed by atoms with E-state index in [9.17, 15) is 24.0 Å². The molecule has 0 saturated carbocycles. The molecule has 3 aliphatic heterocycles. The van der Waals surface area contributed by atoms with Gasteiger partial charge in [0.25, 0.3) is 5.91 Å². The summed E-state index contributed by atoms with van der Waals surface area (Å²) in [7, 11) is 0. The van der Waals surface area contributed by atoms with Crippen molar-refractivity contribution in [2.45, 2.75) is 96.5 Å². The highest BCUT2D eigenvalue weighted by atomic mass is 16.6. The van der Waals surface area contributed by atoms with Crippen LogP contribution in [0.5, 0.6) is 0 Å². The number of nitrogens with one attached hydrogen (secondary N) is 5. The maximum absolute atomic E-state index is 14.5. The van der Waals surface area contributed by atoms with Gasteiger partial charge in [0, 0.05) is 32.6 Å². The standard InChI is InChI=1S/C46H68N8O8/c1-32(2)26-37(42(46(5)31-62-46)52-51-41(56)30-54-20-24-61-25-21-54)48-45(59)39(28-35-14-10-7-11-15-35)50-44(58)38(27-33(3)4)49-43(57)36(17-16-34-12-8-6-9-13-34)47-40(55)29-53-18-22-60-23-19-53/h6-15,32-33,36-39H,16-31H2,1-5H3,(H,47,55)(H,48,59)(H,49,57)(H,50,58)(H,51,56)/b52-42-/t36-,37-,38?,39-,46+/m0/s1. The summed E-state index contributed by atoms with van der Waals surface area (Å²) >= 11 is 0. The lowest BCUT2D eigenvalue weighted by atomic mass is 9.92. The maximum Gasteiger partial charge on any atom is 0.254 e. The van der Waals surface area contributed by atoms with Crippen molar-refractivity contribution in [1.82, 2.24) is 36.5 Å². The first-order valence-electron chi connectivity index (χ1n) is 22.2. The van der Waals surface area contributed by atoms with Crippen LogP contribution in [-0.2, 0) is 51.0 Å². The molecule has 2 aromatic rings. The van der Waals surface area contributed by atoms with E-state index in [1.807, 2.05) is 105 Å². The number of hydrogen-bond acceptors (Lipinski definition) is 11. The number of carbonyl (C=O) groups excluding carboxylic acids is 5. The van der Waals surface area contributed by atoms with Crippen LogP contribution in [0.2, 0.25) is 0 Å². The van der Waals surface area contributed by atoms with E-state index in [0.717, 1.165) is 11.1 Å². The van der Waals surface area contributed by atoms with E-state index in [1.165, 1.54) is 0 Å². The molecular weight excluding hydrogens is 793 g/mol. The number of amides is 5. The number of rotatable bonds is 23. The predicted molar refractivity (Wildman–Crippen MR) is 236 cm³/mol. The Kier molecular flexibility index (Phi) is 18.8. The first-order valence-corrected chi connectivity index (χ1v) is 22.2. The molecule has 0 spiro atoms. The Labute approximate surface area is 366 Å². The molecule has 62 heavy (non-hydrogen) atoms. The normalized spacial score (nSPS) is 20.4. The van der Waals surface area contributed by atoms with Crippen molar-refractivity contribution in [3.8, 4) is 0 Å². The van der Waals surface area contributed by atoms with Crippen LogP contribution in [0.1, 0.15) is 65.0 Å². The van der Waals surface area contributed by atoms with Crippen LogP contribution in [-0.4, -0.2) is 147 Å². The van der Waals surface area contributed by atoms with Gasteiger partial charge in [-0.2, -0.15) is 5.10 Å². The molecule has 0 bridgehead atoms. The van der Waals surface area contributed by atoms with E-state index in [1.54, 1.807) is 0 Å². The zero-order valence-corrected chi connectivity index (χ0v) is 37.2. The van der Waals surface area contributed by atoms with Gasteiger partial charge in [-0.3, -0.25) is 33.8 Å². The third-order valence-electron chi connectivity index (χ3n) is 11.2. The lowest BCUT2D eigenvalue weighted by Crippen LogP contribution is -2.59. The molecule has 3 fully saturated rings. The summed E-state index contributed by atoms with van der Waals surface area (Å²) in [6.45, 7) is 15.2. The molecule has 5 atom stereocenters. The molecule has 0 aliphatic carbocycles. The Morgan fingerprint density at radius 1 is 0.629 bits per heavy atom. The lowest BCUT2D eigenvalue weighted by molar-refractivity contribution is -0.134. The van der Waals surface area contributed by atoms with Crippen molar-refractivity contribution in [3.63, 3.8) is 0 Å². The van der Waals surface area contributed by atoms with Gasteiger partial charge in [-0.1, -0.05) is 88.4 Å². The Balaban J connectivity index is 1.34. The zero-order valence-electron chi connectivity index (χ0n) is 37.2. The minimum absolute atomic E-state index is 0.00179. The molecule has 5 rings (SSSR count). The van der Waals surface area contributed by atoms with Crippen LogP contribution in [0, 0.1) is 11.8 Å². The van der Waals surface area contributed by atoms with Crippen molar-refractivity contribution < 1.29 is 38.2 Å². The van der Waals surface area contributed by atoms with Crippen LogP contribution in [0.3, 0.4) is 0 Å². The maximum atomic E-state index is 14.5. The van der Waals surface area contributed by atoms with Crippen molar-refractivity contribution in [3.05, 3.63) is 71.8 Å². The number of nitrogens with zero attached hydrogens (tertiary/aromatic N) is 3. The van der Waals surface area contributed by atoms with Crippen LogP contribution in [0.15, 0.2) is 65.8 Å². The molecule has 0 radical (unpaired) electrons. The smallest absolute Gasteiger partial charge is 0.254 e. The molecule has 1 unspecified atom stereocenters. The second kappa shape index (κ2) is 24.2. The summed E-state index contributed by atoms with van der Waals surface area (Å²) in [5.74, 6) is -1.90. The minimum Gasteiger partial charge on any atom is -0.379 e. The summed E-state index contributed by atoms with van der Waals surface area (Å²) in [4.78, 5) is 73.4. The molecule has 3 saturated heterocycles. The molecule has 2 aromatic carbocycles. The van der Waals surface area contributed by atoms with Crippen LogP contribution in [0.4, 0.5) is 0 Å². The molecule has 3 heterocycles. The molecule has 340 valence electrons. The Morgan fingerprint density at radius 2 is 1.10 bits per heavy atom. The van der Waals surface area contributed by atoms with E-state index in [2.05, 4.69) is 31.8 Å². The average molecular weight is 861 g/mol. The fourth-order valence-electron chi connectivity index (χ4n) is 7.66. The molecule has 16 heteroatoms. The third-order valence-corrected chi connectivity index (χ3v) is 11.2. The summed E-state index contributed by atoms with van der Waals surface area (Å²) < 4.78 is 16.7. The van der Waals surface area contributed by atoms with Crippen LogP contribution < -0.4 is 26.7 Å². The molecular formula is C46H68N8O8. The highest BCUT2D eigenvalue weighted by molar-refractivity contribution is 6.02. The second-order valence-corrected chi connectivity index (χ2v) is 17.6. The van der Waals surface area contributed by atoms with Crippen molar-refractivity contribution in [2.24, 2.45) is 16.9 Å². The molecule has 5 amide bonds. The van der Waals surface area contributed by atoms with Gasteiger partial charge in [-0.15, -0.1) is 0 Å². The number of aryl methyl sites for hydroxylation is 1. The topological polar surface area (TPSA) is 195 Å². The zero-order chi connectivity index (χ0) is 44.5. The largest absolute Gasteiger partial charge is 0.379 e. The van der Waals surface area contributed by atoms with Gasteiger partial charge in [0.05, 0.1) is 57.9 Å². The highest BCUT2D eigenvalue weighted by Gasteiger charge is 2.49. The lowest BCUT2D eigenvalue weighted by Gasteiger charge is -2.29. The van der Waals surface area contributed by atoms with Gasteiger partial charge in [0.1, 0.15) is 23.7 Å². The van der Waals surface area contributed by atoms with Gasteiger partial charge in [0.2, 0.25) is 23.6 Å². The van der Waals surface area contributed by atoms with E-state index in [4.69, 9.17) is 14.2 Å². The van der Waals surface area contributed by atoms with Crippen molar-refractivity contribution in [1.29, 1.82) is 0 Å². The number of morpholine rings is 2. The summed E-state index contributed by atoms with van der Waals surface area (Å²) in [5.41, 5.74) is 4.24. The third kappa shape index (κ3) is 16.2. The van der Waals surface area contributed by atoms with E-state index >= 15 is 0 Å². The van der Waals surface area contributed by atoms with Crippen LogP contribution in [0.25, 0.3) is 0 Å². The highest BCUT2D eigenvalue weighted by Crippen LogP contribution is 2.31. The number of hydrogen-bond donors (Lipinski definition) is 5. The molecule has 3 aliphatic rings. The van der Waals surface area contributed by atoms with E-state index in [0.29, 0.717) is 84.2 Å². The fourth-order valence-corrected chi connectivity index (χ4v) is 7.66. The first-order chi connectivity index (χ1) is 29.8. The Bertz CT molecular complexity index is 1780. The van der Waals surface area contributed by atoms with Gasteiger partial charge in [-0.05, 0) is 55.6 Å². The molecule has 0 aromatic heterocycles. The van der Waals surface area contributed by atoms with E-state index < -0.39 is 47.5 Å². The monoisotopic (exact) mass is 861 g/mol. The van der Waals surface area contributed by atoms with Crippen molar-refractivity contribution >= 4 is 35.2 Å². The van der Waals surface area contributed by atoms with Crippen LogP contribution >= 0.6 is 0 Å². The van der Waals surface area contributed by atoms with Gasteiger partial charge >= 0.3 is 0 Å². The van der Waals surface area contributed by atoms with Gasteiger partial charge in [0.15, 0.2) is 0 Å². The summed E-state index contributed by atoms with van der Waals surface area (Å²) in [6, 6.07) is 15.5. The van der Waals surface area contributed by atoms with Crippen molar-refractivity contribution in [2.75, 3.05) is 72.3 Å². The molecule has 16 nitrogen and oxygen atoms in total. The molecule has 5 N–H and O–H groups in total. The average Bonchev–Trinajstić information content (AvgIpc) is 4.00. The number of carbonyl (C=O) groups is 5. The summed E-state index contributed by atoms with van der Waals surface area (Å²) in [5, 5.41) is 16.6. The number of hydrazone groups is 1. The minimum atomic E-state index is -1.04. The Hall–Kier alpha value is -4.74. The van der Waals surface area contributed by atoms with Gasteiger partial charge in [-0.25, -0.2) is 5.43 Å². The van der Waals surface area contributed by atoms with Gasteiger partial charge < -0.3 is 35.5 Å². The van der Waals surface area contributed by atoms with E-state index in [-0.39, 0.29) is 49.6 Å². The SMILES string of the molecule is CC(C)CC(NC(=O)[C@H](CCc1ccccc1)NC(=O)CN1CCOCC1)C(=O)N[C@@H](Cc1ccccc1)C(=O)N[C@@H](CC(C)C)/C(=N/NC(=O)CN1CCOCC1)[C@@]1(C)CO1. The first kappa shape index (κ1) is 48.3. The number of benzene rings is 2.